The number of pyridine rings is 1. The maximum Gasteiger partial charge on any atom is 0.0779 e. The van der Waals surface area contributed by atoms with Crippen LogP contribution in [0.5, 0.6) is 0 Å². The molecule has 0 unspecified atom stereocenters. The number of nitrogens with zero attached hydrogens (tertiary/aromatic N) is 4. The zero-order chi connectivity index (χ0) is 11.4. The fraction of sp³-hybridized carbons (Fsp3) is 0.250. The molecule has 0 amide bonds. The molecule has 2 heterocycles. The van der Waals surface area contributed by atoms with E-state index in [-0.39, 0.29) is 0 Å². The van der Waals surface area contributed by atoms with Crippen molar-refractivity contribution in [3.63, 3.8) is 0 Å². The van der Waals surface area contributed by atoms with Gasteiger partial charge in [0.1, 0.15) is 0 Å². The molecular weight excluding hydrogens is 200 g/mol. The molecule has 0 aliphatic rings. The van der Waals surface area contributed by atoms with E-state index < -0.39 is 0 Å². The SMILES string of the molecule is Cc1cc(N(C)Cc2cnccn2)ccn1. The second-order valence-electron chi connectivity index (χ2n) is 3.71. The Morgan fingerprint density at radius 3 is 2.75 bits per heavy atom. The van der Waals surface area contributed by atoms with Gasteiger partial charge >= 0.3 is 0 Å². The molecule has 0 fully saturated rings. The molecule has 0 aliphatic carbocycles. The van der Waals surface area contributed by atoms with E-state index >= 15 is 0 Å². The summed E-state index contributed by atoms with van der Waals surface area (Å²) < 4.78 is 0. The summed E-state index contributed by atoms with van der Waals surface area (Å²) in [5.41, 5.74) is 3.11. The van der Waals surface area contributed by atoms with Crippen molar-refractivity contribution in [2.45, 2.75) is 13.5 Å². The van der Waals surface area contributed by atoms with Gasteiger partial charge in [0.25, 0.3) is 0 Å². The molecule has 2 rings (SSSR count). The number of rotatable bonds is 3. The molecule has 82 valence electrons. The number of aryl methyl sites for hydroxylation is 1. The molecule has 0 spiro atoms. The topological polar surface area (TPSA) is 41.9 Å². The highest BCUT2D eigenvalue weighted by Gasteiger charge is 2.03. The predicted molar refractivity (Wildman–Crippen MR) is 63.1 cm³/mol. The van der Waals surface area contributed by atoms with Crippen LogP contribution in [0.25, 0.3) is 0 Å². The van der Waals surface area contributed by atoms with Crippen molar-refractivity contribution in [1.29, 1.82) is 0 Å². The van der Waals surface area contributed by atoms with Gasteiger partial charge in [-0.1, -0.05) is 0 Å². The summed E-state index contributed by atoms with van der Waals surface area (Å²) in [6, 6.07) is 4.04. The molecule has 0 bridgehead atoms. The van der Waals surface area contributed by atoms with Crippen LogP contribution in [0.4, 0.5) is 5.69 Å². The molecular formula is C12H14N4. The van der Waals surface area contributed by atoms with Crippen LogP contribution in [0, 0.1) is 6.92 Å². The first-order chi connectivity index (χ1) is 7.75. The predicted octanol–water partition coefficient (Wildman–Crippen LogP) is 1.82. The second-order valence-corrected chi connectivity index (χ2v) is 3.71. The van der Waals surface area contributed by atoms with Gasteiger partial charge in [-0.05, 0) is 19.1 Å². The first-order valence-electron chi connectivity index (χ1n) is 5.14. The monoisotopic (exact) mass is 214 g/mol. The van der Waals surface area contributed by atoms with Gasteiger partial charge in [-0.25, -0.2) is 0 Å². The highest BCUT2D eigenvalue weighted by Crippen LogP contribution is 2.14. The van der Waals surface area contributed by atoms with Crippen molar-refractivity contribution in [3.05, 3.63) is 48.3 Å². The van der Waals surface area contributed by atoms with Gasteiger partial charge in [-0.15, -0.1) is 0 Å². The Balaban J connectivity index is 2.12. The fourth-order valence-corrected chi connectivity index (χ4v) is 1.51. The Bertz CT molecular complexity index is 456. The first kappa shape index (κ1) is 10.5. The van der Waals surface area contributed by atoms with Crippen molar-refractivity contribution < 1.29 is 0 Å². The fourth-order valence-electron chi connectivity index (χ4n) is 1.51. The summed E-state index contributed by atoms with van der Waals surface area (Å²) in [4.78, 5) is 14.6. The molecule has 2 aromatic heterocycles. The van der Waals surface area contributed by atoms with Crippen molar-refractivity contribution in [2.24, 2.45) is 0 Å². The zero-order valence-corrected chi connectivity index (χ0v) is 9.46. The van der Waals surface area contributed by atoms with Crippen LogP contribution >= 0.6 is 0 Å². The van der Waals surface area contributed by atoms with Gasteiger partial charge in [-0.2, -0.15) is 0 Å². The molecule has 0 saturated carbocycles. The normalized spacial score (nSPS) is 10.1. The molecule has 4 heteroatoms. The maximum absolute atomic E-state index is 4.25. The van der Waals surface area contributed by atoms with Crippen molar-refractivity contribution in [3.8, 4) is 0 Å². The minimum atomic E-state index is 0.747. The Labute approximate surface area is 95.0 Å². The van der Waals surface area contributed by atoms with Gasteiger partial charge < -0.3 is 4.90 Å². The van der Waals surface area contributed by atoms with Crippen LogP contribution in [-0.2, 0) is 6.54 Å². The smallest absolute Gasteiger partial charge is 0.0779 e. The van der Waals surface area contributed by atoms with Crippen LogP contribution in [-0.4, -0.2) is 22.0 Å². The first-order valence-corrected chi connectivity index (χ1v) is 5.14. The molecule has 16 heavy (non-hydrogen) atoms. The molecule has 0 aliphatic heterocycles. The van der Waals surface area contributed by atoms with Gasteiger partial charge in [0.05, 0.1) is 18.4 Å². The Kier molecular flexibility index (Phi) is 3.10. The van der Waals surface area contributed by atoms with Crippen LogP contribution in [0.15, 0.2) is 36.9 Å². The van der Waals surface area contributed by atoms with E-state index in [0.29, 0.717) is 0 Å². The van der Waals surface area contributed by atoms with E-state index in [0.717, 1.165) is 23.6 Å². The quantitative estimate of drug-likeness (QED) is 0.781. The summed E-state index contributed by atoms with van der Waals surface area (Å²) in [7, 11) is 2.03. The standard InChI is InChI=1S/C12H14N4/c1-10-7-12(3-4-14-10)16(2)9-11-8-13-5-6-15-11/h3-8H,9H2,1-2H3. The van der Waals surface area contributed by atoms with Gasteiger partial charge in [0.15, 0.2) is 0 Å². The number of aromatic nitrogens is 3. The molecule has 2 aromatic rings. The third kappa shape index (κ3) is 2.53. The second kappa shape index (κ2) is 4.70. The summed E-state index contributed by atoms with van der Waals surface area (Å²) in [5.74, 6) is 0. The van der Waals surface area contributed by atoms with Gasteiger partial charge in [0, 0.05) is 37.0 Å². The van der Waals surface area contributed by atoms with Crippen LogP contribution < -0.4 is 4.90 Å². The maximum atomic E-state index is 4.25. The molecule has 0 radical (unpaired) electrons. The lowest BCUT2D eigenvalue weighted by atomic mass is 10.3. The summed E-state index contributed by atoms with van der Waals surface area (Å²) >= 11 is 0. The van der Waals surface area contributed by atoms with Crippen molar-refractivity contribution >= 4 is 5.69 Å². The number of hydrogen-bond donors (Lipinski definition) is 0. The third-order valence-electron chi connectivity index (χ3n) is 2.34. The molecule has 0 saturated heterocycles. The van der Waals surface area contributed by atoms with E-state index in [9.17, 15) is 0 Å². The lowest BCUT2D eigenvalue weighted by Gasteiger charge is -2.18. The highest BCUT2D eigenvalue weighted by atomic mass is 15.1. The van der Waals surface area contributed by atoms with E-state index in [1.165, 1.54) is 0 Å². The van der Waals surface area contributed by atoms with E-state index in [1.807, 2.05) is 26.2 Å². The van der Waals surface area contributed by atoms with Crippen LogP contribution in [0.1, 0.15) is 11.4 Å². The summed E-state index contributed by atoms with van der Waals surface area (Å²) in [5, 5.41) is 0. The van der Waals surface area contributed by atoms with Crippen molar-refractivity contribution in [1.82, 2.24) is 15.0 Å². The highest BCUT2D eigenvalue weighted by molar-refractivity contribution is 5.45. The minimum Gasteiger partial charge on any atom is -0.369 e. The van der Waals surface area contributed by atoms with Gasteiger partial charge in [0.2, 0.25) is 0 Å². The van der Waals surface area contributed by atoms with Crippen molar-refractivity contribution in [2.75, 3.05) is 11.9 Å². The average molecular weight is 214 g/mol. The Morgan fingerprint density at radius 2 is 2.06 bits per heavy atom. The van der Waals surface area contributed by atoms with Crippen LogP contribution in [0.2, 0.25) is 0 Å². The molecule has 4 nitrogen and oxygen atoms in total. The Morgan fingerprint density at radius 1 is 1.19 bits per heavy atom. The number of hydrogen-bond acceptors (Lipinski definition) is 4. The average Bonchev–Trinajstić information content (AvgIpc) is 2.30. The lowest BCUT2D eigenvalue weighted by Crippen LogP contribution is -2.17. The van der Waals surface area contributed by atoms with E-state index in [2.05, 4.69) is 25.9 Å². The third-order valence-corrected chi connectivity index (χ3v) is 2.34. The van der Waals surface area contributed by atoms with Gasteiger partial charge in [-0.3, -0.25) is 15.0 Å². The minimum absolute atomic E-state index is 0.747. The Hall–Kier alpha value is -1.97. The zero-order valence-electron chi connectivity index (χ0n) is 9.46. The van der Waals surface area contributed by atoms with Crippen LogP contribution in [0.3, 0.4) is 0 Å². The summed E-state index contributed by atoms with van der Waals surface area (Å²) in [6.07, 6.45) is 6.99. The number of anilines is 1. The summed E-state index contributed by atoms with van der Waals surface area (Å²) in [6.45, 7) is 2.73. The largest absolute Gasteiger partial charge is 0.369 e. The lowest BCUT2D eigenvalue weighted by molar-refractivity contribution is 0.870. The molecule has 0 N–H and O–H groups in total. The van der Waals surface area contributed by atoms with E-state index in [4.69, 9.17) is 0 Å². The van der Waals surface area contributed by atoms with E-state index in [1.54, 1.807) is 18.6 Å². The molecule has 0 aromatic carbocycles. The molecule has 0 atom stereocenters.